The molecule has 4 heteroatoms. The molecule has 1 unspecified atom stereocenters. The van der Waals surface area contributed by atoms with Gasteiger partial charge in [-0.25, -0.2) is 9.78 Å². The fourth-order valence-corrected chi connectivity index (χ4v) is 1.10. The molecule has 1 aromatic rings. The SMILES string of the molecule is CCOC(=O)C(C)Nc1ccc(C)cn1. The molecule has 0 aliphatic rings. The Morgan fingerprint density at radius 1 is 1.60 bits per heavy atom. The molecule has 0 aliphatic carbocycles. The van der Waals surface area contributed by atoms with E-state index in [9.17, 15) is 4.79 Å². The molecule has 1 heterocycles. The number of esters is 1. The van der Waals surface area contributed by atoms with Crippen LogP contribution in [-0.2, 0) is 9.53 Å². The zero-order chi connectivity index (χ0) is 11.3. The van der Waals surface area contributed by atoms with Crippen LogP contribution < -0.4 is 5.32 Å². The van der Waals surface area contributed by atoms with Gasteiger partial charge in [-0.3, -0.25) is 0 Å². The lowest BCUT2D eigenvalue weighted by Crippen LogP contribution is -2.28. The number of anilines is 1. The summed E-state index contributed by atoms with van der Waals surface area (Å²) in [4.78, 5) is 15.4. The Morgan fingerprint density at radius 2 is 2.33 bits per heavy atom. The van der Waals surface area contributed by atoms with Crippen molar-refractivity contribution in [1.82, 2.24) is 4.98 Å². The Hall–Kier alpha value is -1.58. The number of hydrogen-bond donors (Lipinski definition) is 1. The molecule has 0 saturated heterocycles. The second-order valence-corrected chi connectivity index (χ2v) is 3.34. The molecule has 1 rings (SSSR count). The first-order chi connectivity index (χ1) is 7.13. The van der Waals surface area contributed by atoms with Gasteiger partial charge in [-0.1, -0.05) is 6.07 Å². The zero-order valence-corrected chi connectivity index (χ0v) is 9.28. The average Bonchev–Trinajstić information content (AvgIpc) is 2.22. The Morgan fingerprint density at radius 3 is 2.87 bits per heavy atom. The number of rotatable bonds is 4. The highest BCUT2D eigenvalue weighted by Gasteiger charge is 2.13. The molecule has 0 aromatic carbocycles. The van der Waals surface area contributed by atoms with Gasteiger partial charge < -0.3 is 10.1 Å². The quantitative estimate of drug-likeness (QED) is 0.766. The predicted molar refractivity (Wildman–Crippen MR) is 58.7 cm³/mol. The highest BCUT2D eigenvalue weighted by molar-refractivity contribution is 5.78. The number of pyridine rings is 1. The summed E-state index contributed by atoms with van der Waals surface area (Å²) >= 11 is 0. The first-order valence-corrected chi connectivity index (χ1v) is 4.99. The molecule has 1 atom stereocenters. The largest absolute Gasteiger partial charge is 0.464 e. The van der Waals surface area contributed by atoms with Gasteiger partial charge in [0.1, 0.15) is 11.9 Å². The minimum atomic E-state index is -0.375. The van der Waals surface area contributed by atoms with E-state index in [4.69, 9.17) is 4.74 Å². The van der Waals surface area contributed by atoms with Crippen LogP contribution in [0.3, 0.4) is 0 Å². The highest BCUT2D eigenvalue weighted by Crippen LogP contribution is 2.06. The first-order valence-electron chi connectivity index (χ1n) is 4.99. The van der Waals surface area contributed by atoms with Gasteiger partial charge in [0.15, 0.2) is 0 Å². The van der Waals surface area contributed by atoms with Crippen LogP contribution in [-0.4, -0.2) is 23.6 Å². The zero-order valence-electron chi connectivity index (χ0n) is 9.28. The van der Waals surface area contributed by atoms with Crippen LogP contribution in [0.5, 0.6) is 0 Å². The molecule has 0 aliphatic heterocycles. The van der Waals surface area contributed by atoms with Crippen molar-refractivity contribution in [2.75, 3.05) is 11.9 Å². The fraction of sp³-hybridized carbons (Fsp3) is 0.455. The van der Waals surface area contributed by atoms with Crippen molar-refractivity contribution >= 4 is 11.8 Å². The molecular formula is C11H16N2O2. The highest BCUT2D eigenvalue weighted by atomic mass is 16.5. The number of hydrogen-bond acceptors (Lipinski definition) is 4. The maximum absolute atomic E-state index is 11.3. The summed E-state index contributed by atoms with van der Waals surface area (Å²) in [7, 11) is 0. The first kappa shape index (κ1) is 11.5. The maximum atomic E-state index is 11.3. The molecule has 0 saturated carbocycles. The molecular weight excluding hydrogens is 192 g/mol. The van der Waals surface area contributed by atoms with Gasteiger partial charge in [-0.15, -0.1) is 0 Å². The molecule has 15 heavy (non-hydrogen) atoms. The third-order valence-corrected chi connectivity index (χ3v) is 1.92. The summed E-state index contributed by atoms with van der Waals surface area (Å²) in [5.74, 6) is 0.418. The number of nitrogens with one attached hydrogen (secondary N) is 1. The van der Waals surface area contributed by atoms with Crippen LogP contribution >= 0.6 is 0 Å². The second kappa shape index (κ2) is 5.34. The normalized spacial score (nSPS) is 11.9. The number of aryl methyl sites for hydroxylation is 1. The van der Waals surface area contributed by atoms with Crippen molar-refractivity contribution in [2.24, 2.45) is 0 Å². The van der Waals surface area contributed by atoms with Crippen molar-refractivity contribution in [3.8, 4) is 0 Å². The minimum absolute atomic E-state index is 0.264. The average molecular weight is 208 g/mol. The molecule has 0 bridgehead atoms. The van der Waals surface area contributed by atoms with E-state index in [-0.39, 0.29) is 12.0 Å². The lowest BCUT2D eigenvalue weighted by Gasteiger charge is -2.12. The van der Waals surface area contributed by atoms with Crippen LogP contribution in [0.15, 0.2) is 18.3 Å². The van der Waals surface area contributed by atoms with Crippen molar-refractivity contribution in [3.05, 3.63) is 23.9 Å². The van der Waals surface area contributed by atoms with Gasteiger partial charge in [0.2, 0.25) is 0 Å². The van der Waals surface area contributed by atoms with Gasteiger partial charge in [0, 0.05) is 6.20 Å². The van der Waals surface area contributed by atoms with Crippen molar-refractivity contribution in [2.45, 2.75) is 26.8 Å². The molecule has 4 nitrogen and oxygen atoms in total. The summed E-state index contributed by atoms with van der Waals surface area (Å²) in [5, 5.41) is 2.97. The molecule has 82 valence electrons. The van der Waals surface area contributed by atoms with Gasteiger partial charge in [-0.05, 0) is 32.4 Å². The summed E-state index contributed by atoms with van der Waals surface area (Å²) < 4.78 is 4.87. The van der Waals surface area contributed by atoms with E-state index < -0.39 is 0 Å². The van der Waals surface area contributed by atoms with Crippen LogP contribution in [0.2, 0.25) is 0 Å². The molecule has 0 radical (unpaired) electrons. The van der Waals surface area contributed by atoms with E-state index in [1.807, 2.05) is 19.1 Å². The Bertz CT molecular complexity index is 322. The van der Waals surface area contributed by atoms with Gasteiger partial charge in [0.05, 0.1) is 6.61 Å². The second-order valence-electron chi connectivity index (χ2n) is 3.34. The maximum Gasteiger partial charge on any atom is 0.328 e. The third-order valence-electron chi connectivity index (χ3n) is 1.92. The van der Waals surface area contributed by atoms with Crippen molar-refractivity contribution in [3.63, 3.8) is 0 Å². The summed E-state index contributed by atoms with van der Waals surface area (Å²) in [6.07, 6.45) is 1.75. The summed E-state index contributed by atoms with van der Waals surface area (Å²) in [5.41, 5.74) is 1.09. The number of ether oxygens (including phenoxy) is 1. The monoisotopic (exact) mass is 208 g/mol. The smallest absolute Gasteiger partial charge is 0.328 e. The van der Waals surface area contributed by atoms with E-state index in [2.05, 4.69) is 10.3 Å². The lowest BCUT2D eigenvalue weighted by molar-refractivity contribution is -0.143. The fourth-order valence-electron chi connectivity index (χ4n) is 1.10. The molecule has 0 amide bonds. The molecule has 1 aromatic heterocycles. The minimum Gasteiger partial charge on any atom is -0.464 e. The summed E-state index contributed by atoms with van der Waals surface area (Å²) in [6.45, 7) is 5.89. The Kier molecular flexibility index (Phi) is 4.09. The van der Waals surface area contributed by atoms with Crippen molar-refractivity contribution < 1.29 is 9.53 Å². The standard InChI is InChI=1S/C11H16N2O2/c1-4-15-11(14)9(3)13-10-6-5-8(2)7-12-10/h5-7,9H,4H2,1-3H3,(H,12,13). The van der Waals surface area contributed by atoms with Crippen LogP contribution in [0.25, 0.3) is 0 Å². The topological polar surface area (TPSA) is 51.2 Å². The van der Waals surface area contributed by atoms with Crippen LogP contribution in [0.1, 0.15) is 19.4 Å². The van der Waals surface area contributed by atoms with Crippen molar-refractivity contribution in [1.29, 1.82) is 0 Å². The third kappa shape index (κ3) is 3.58. The van der Waals surface area contributed by atoms with E-state index in [0.717, 1.165) is 5.56 Å². The van der Waals surface area contributed by atoms with Crippen LogP contribution in [0, 0.1) is 6.92 Å². The Labute approximate surface area is 89.7 Å². The molecule has 0 spiro atoms. The number of nitrogens with zero attached hydrogens (tertiary/aromatic N) is 1. The number of carbonyl (C=O) groups is 1. The number of aromatic nitrogens is 1. The van der Waals surface area contributed by atoms with Gasteiger partial charge in [0.25, 0.3) is 0 Å². The molecule has 0 fully saturated rings. The van der Waals surface area contributed by atoms with E-state index in [0.29, 0.717) is 12.4 Å². The van der Waals surface area contributed by atoms with E-state index in [1.54, 1.807) is 20.0 Å². The summed E-state index contributed by atoms with van der Waals surface area (Å²) in [6, 6.07) is 3.40. The van der Waals surface area contributed by atoms with Gasteiger partial charge in [-0.2, -0.15) is 0 Å². The van der Waals surface area contributed by atoms with E-state index >= 15 is 0 Å². The van der Waals surface area contributed by atoms with Crippen LogP contribution in [0.4, 0.5) is 5.82 Å². The lowest BCUT2D eigenvalue weighted by atomic mass is 10.3. The predicted octanol–water partition coefficient (Wildman–Crippen LogP) is 1.75. The Balaban J connectivity index is 2.54. The molecule has 1 N–H and O–H groups in total. The number of carbonyl (C=O) groups excluding carboxylic acids is 1. The van der Waals surface area contributed by atoms with E-state index in [1.165, 1.54) is 0 Å². The van der Waals surface area contributed by atoms with Gasteiger partial charge >= 0.3 is 5.97 Å².